The Hall–Kier alpha value is -1.55. The fraction of sp³-hybridized carbons (Fsp3) is 0.438. The van der Waals surface area contributed by atoms with Crippen LogP contribution in [-0.2, 0) is 0 Å². The number of amides is 1. The zero-order valence-corrected chi connectivity index (χ0v) is 12.7. The van der Waals surface area contributed by atoms with Gasteiger partial charge in [0.05, 0.1) is 5.69 Å². The lowest BCUT2D eigenvalue weighted by molar-refractivity contribution is 0.0951. The number of fused-ring (bicyclic) bond motifs is 1. The molecule has 106 valence electrons. The minimum Gasteiger partial charge on any atom is -0.397 e. The monoisotopic (exact) mass is 288 g/mol. The van der Waals surface area contributed by atoms with Crippen LogP contribution >= 0.6 is 11.3 Å². The molecule has 0 radical (unpaired) electrons. The van der Waals surface area contributed by atoms with Crippen molar-refractivity contribution in [2.24, 2.45) is 11.8 Å². The van der Waals surface area contributed by atoms with Crippen LogP contribution in [0.3, 0.4) is 0 Å². The molecule has 0 spiro atoms. The predicted molar refractivity (Wildman–Crippen MR) is 85.2 cm³/mol. The van der Waals surface area contributed by atoms with Gasteiger partial charge in [-0.1, -0.05) is 18.6 Å². The maximum atomic E-state index is 12.3. The molecule has 3 rings (SSSR count). The summed E-state index contributed by atoms with van der Waals surface area (Å²) in [5.41, 5.74) is 7.92. The SMILES string of the molecule is Cc1ccc2sc(C(=O)NCC(C)C3CC3)c(N)c2c1. The maximum absolute atomic E-state index is 12.3. The molecular weight excluding hydrogens is 268 g/mol. The Labute approximate surface area is 123 Å². The van der Waals surface area contributed by atoms with E-state index < -0.39 is 0 Å². The molecule has 1 aromatic carbocycles. The number of hydrogen-bond donors (Lipinski definition) is 2. The number of carbonyl (C=O) groups excluding carboxylic acids is 1. The van der Waals surface area contributed by atoms with Crippen molar-refractivity contribution in [2.45, 2.75) is 26.7 Å². The van der Waals surface area contributed by atoms with E-state index in [0.717, 1.165) is 28.1 Å². The number of anilines is 1. The van der Waals surface area contributed by atoms with Gasteiger partial charge >= 0.3 is 0 Å². The molecule has 1 atom stereocenters. The average molecular weight is 288 g/mol. The van der Waals surface area contributed by atoms with E-state index in [1.165, 1.54) is 24.2 Å². The number of nitrogens with two attached hydrogens (primary N) is 1. The largest absolute Gasteiger partial charge is 0.397 e. The van der Waals surface area contributed by atoms with E-state index in [9.17, 15) is 4.79 Å². The summed E-state index contributed by atoms with van der Waals surface area (Å²) in [5.74, 6) is 1.34. The zero-order valence-electron chi connectivity index (χ0n) is 11.9. The summed E-state index contributed by atoms with van der Waals surface area (Å²) in [6.45, 7) is 4.99. The molecule has 4 heteroatoms. The highest BCUT2D eigenvalue weighted by molar-refractivity contribution is 7.21. The van der Waals surface area contributed by atoms with Gasteiger partial charge in [-0.3, -0.25) is 4.79 Å². The van der Waals surface area contributed by atoms with Crippen LogP contribution in [-0.4, -0.2) is 12.5 Å². The highest BCUT2D eigenvalue weighted by Gasteiger charge is 2.28. The first-order valence-corrected chi connectivity index (χ1v) is 7.94. The molecule has 3 N–H and O–H groups in total. The Balaban J connectivity index is 1.78. The van der Waals surface area contributed by atoms with Gasteiger partial charge in [-0.15, -0.1) is 11.3 Å². The normalized spacial score (nSPS) is 16.3. The van der Waals surface area contributed by atoms with Crippen LogP contribution in [0.15, 0.2) is 18.2 Å². The third-order valence-corrected chi connectivity index (χ3v) is 5.28. The second kappa shape index (κ2) is 5.09. The first kappa shape index (κ1) is 13.4. The number of hydrogen-bond acceptors (Lipinski definition) is 3. The van der Waals surface area contributed by atoms with Crippen LogP contribution < -0.4 is 11.1 Å². The van der Waals surface area contributed by atoms with Gasteiger partial charge in [0.1, 0.15) is 4.88 Å². The molecule has 20 heavy (non-hydrogen) atoms. The van der Waals surface area contributed by atoms with Crippen molar-refractivity contribution in [3.05, 3.63) is 28.6 Å². The average Bonchev–Trinajstić information content (AvgIpc) is 3.22. The minimum atomic E-state index is -0.0335. The number of nitrogens with one attached hydrogen (secondary N) is 1. The second-order valence-electron chi connectivity index (χ2n) is 5.87. The van der Waals surface area contributed by atoms with Gasteiger partial charge < -0.3 is 11.1 Å². The lowest BCUT2D eigenvalue weighted by Crippen LogP contribution is -2.28. The van der Waals surface area contributed by atoms with Crippen LogP contribution in [0.25, 0.3) is 10.1 Å². The van der Waals surface area contributed by atoms with Gasteiger partial charge in [0, 0.05) is 16.6 Å². The topological polar surface area (TPSA) is 55.1 Å². The third kappa shape index (κ3) is 2.52. The lowest BCUT2D eigenvalue weighted by atomic mass is 10.1. The molecular formula is C16H20N2OS. The van der Waals surface area contributed by atoms with Crippen molar-refractivity contribution >= 4 is 33.0 Å². The Morgan fingerprint density at radius 1 is 1.50 bits per heavy atom. The Morgan fingerprint density at radius 2 is 2.25 bits per heavy atom. The summed E-state index contributed by atoms with van der Waals surface area (Å²) in [6.07, 6.45) is 2.61. The fourth-order valence-electron chi connectivity index (χ4n) is 2.57. The van der Waals surface area contributed by atoms with E-state index in [-0.39, 0.29) is 5.91 Å². The molecule has 3 nitrogen and oxygen atoms in total. The molecule has 1 heterocycles. The van der Waals surface area contributed by atoms with Crippen LogP contribution in [0.1, 0.15) is 35.0 Å². The van der Waals surface area contributed by atoms with Crippen LogP contribution in [0.5, 0.6) is 0 Å². The van der Waals surface area contributed by atoms with Gasteiger partial charge in [-0.25, -0.2) is 0 Å². The number of aryl methyl sites for hydroxylation is 1. The Kier molecular flexibility index (Phi) is 3.42. The summed E-state index contributed by atoms with van der Waals surface area (Å²) in [5, 5.41) is 4.02. The molecule has 1 fully saturated rings. The zero-order chi connectivity index (χ0) is 14.3. The second-order valence-corrected chi connectivity index (χ2v) is 6.92. The van der Waals surface area contributed by atoms with E-state index in [0.29, 0.717) is 16.5 Å². The van der Waals surface area contributed by atoms with E-state index in [1.807, 2.05) is 19.1 Å². The number of nitrogen functional groups attached to an aromatic ring is 1. The first-order valence-electron chi connectivity index (χ1n) is 7.13. The van der Waals surface area contributed by atoms with Crippen LogP contribution in [0.4, 0.5) is 5.69 Å². The molecule has 1 aliphatic carbocycles. The molecule has 1 unspecified atom stereocenters. The Morgan fingerprint density at radius 3 is 2.95 bits per heavy atom. The number of benzene rings is 1. The van der Waals surface area contributed by atoms with Crippen LogP contribution in [0.2, 0.25) is 0 Å². The predicted octanol–water partition coefficient (Wildman–Crippen LogP) is 3.57. The van der Waals surface area contributed by atoms with Gasteiger partial charge in [0.15, 0.2) is 0 Å². The summed E-state index contributed by atoms with van der Waals surface area (Å²) >= 11 is 1.48. The van der Waals surface area contributed by atoms with Crippen molar-refractivity contribution in [3.8, 4) is 0 Å². The highest BCUT2D eigenvalue weighted by atomic mass is 32.1. The van der Waals surface area contributed by atoms with Crippen molar-refractivity contribution < 1.29 is 4.79 Å². The molecule has 1 saturated carbocycles. The van der Waals surface area contributed by atoms with E-state index >= 15 is 0 Å². The molecule has 2 aromatic rings. The standard InChI is InChI=1S/C16H20N2OS/c1-9-3-6-13-12(7-9)14(17)15(20-13)16(19)18-8-10(2)11-4-5-11/h3,6-7,10-11H,4-5,8,17H2,1-2H3,(H,18,19). The Bertz CT molecular complexity index is 658. The summed E-state index contributed by atoms with van der Waals surface area (Å²) in [4.78, 5) is 12.9. The van der Waals surface area contributed by atoms with E-state index in [1.54, 1.807) is 0 Å². The van der Waals surface area contributed by atoms with Crippen molar-refractivity contribution in [2.75, 3.05) is 12.3 Å². The molecule has 0 aliphatic heterocycles. The molecule has 1 aromatic heterocycles. The summed E-state index contributed by atoms with van der Waals surface area (Å²) in [7, 11) is 0. The fourth-order valence-corrected chi connectivity index (χ4v) is 3.58. The van der Waals surface area contributed by atoms with Gasteiger partial charge in [-0.2, -0.15) is 0 Å². The van der Waals surface area contributed by atoms with E-state index in [2.05, 4.69) is 18.3 Å². The number of thiophene rings is 1. The van der Waals surface area contributed by atoms with Crippen molar-refractivity contribution in [3.63, 3.8) is 0 Å². The van der Waals surface area contributed by atoms with Crippen LogP contribution in [0, 0.1) is 18.8 Å². The molecule has 1 aliphatic rings. The van der Waals surface area contributed by atoms with Crippen molar-refractivity contribution in [1.29, 1.82) is 0 Å². The quantitative estimate of drug-likeness (QED) is 0.903. The maximum Gasteiger partial charge on any atom is 0.263 e. The molecule has 1 amide bonds. The summed E-state index contributed by atoms with van der Waals surface area (Å²) in [6, 6.07) is 6.13. The number of carbonyl (C=O) groups is 1. The third-order valence-electron chi connectivity index (χ3n) is 4.10. The van der Waals surface area contributed by atoms with Crippen molar-refractivity contribution in [1.82, 2.24) is 5.32 Å². The highest BCUT2D eigenvalue weighted by Crippen LogP contribution is 2.37. The molecule has 0 saturated heterocycles. The lowest BCUT2D eigenvalue weighted by Gasteiger charge is -2.10. The smallest absolute Gasteiger partial charge is 0.263 e. The molecule has 0 bridgehead atoms. The number of rotatable bonds is 4. The summed E-state index contributed by atoms with van der Waals surface area (Å²) < 4.78 is 1.08. The minimum absolute atomic E-state index is 0.0335. The first-order chi connectivity index (χ1) is 9.56. The van der Waals surface area contributed by atoms with Gasteiger partial charge in [0.25, 0.3) is 5.91 Å². The van der Waals surface area contributed by atoms with Gasteiger partial charge in [0.2, 0.25) is 0 Å². The van der Waals surface area contributed by atoms with E-state index in [4.69, 9.17) is 5.73 Å². The van der Waals surface area contributed by atoms with Gasteiger partial charge in [-0.05, 0) is 43.7 Å².